The first-order valence-electron chi connectivity index (χ1n) is 7.22. The van der Waals surface area contributed by atoms with Crippen LogP contribution in [0, 0.1) is 13.8 Å². The van der Waals surface area contributed by atoms with E-state index in [1.165, 1.54) is 11.3 Å². The van der Waals surface area contributed by atoms with Crippen LogP contribution in [0.5, 0.6) is 0 Å². The fourth-order valence-corrected chi connectivity index (χ4v) is 3.42. The molecule has 1 N–H and O–H groups in total. The Kier molecular flexibility index (Phi) is 4.20. The fourth-order valence-electron chi connectivity index (χ4n) is 2.30. The van der Waals surface area contributed by atoms with Gasteiger partial charge in [-0.3, -0.25) is 4.98 Å². The second-order valence-electron chi connectivity index (χ2n) is 4.94. The topological polar surface area (TPSA) is 77.0 Å². The normalized spacial score (nSPS) is 10.7. The molecule has 23 heavy (non-hydrogen) atoms. The van der Waals surface area contributed by atoms with Crippen molar-refractivity contribution in [2.24, 2.45) is 0 Å². The highest BCUT2D eigenvalue weighted by atomic mass is 32.1. The van der Waals surface area contributed by atoms with Crippen molar-refractivity contribution in [1.82, 2.24) is 15.0 Å². The van der Waals surface area contributed by atoms with Gasteiger partial charge in [-0.25, -0.2) is 14.8 Å². The van der Waals surface area contributed by atoms with Gasteiger partial charge in [-0.1, -0.05) is 0 Å². The maximum absolute atomic E-state index is 12.1. The van der Waals surface area contributed by atoms with E-state index in [1.807, 2.05) is 26.0 Å². The summed E-state index contributed by atoms with van der Waals surface area (Å²) in [6.07, 6.45) is 3.41. The van der Waals surface area contributed by atoms with Crippen molar-refractivity contribution < 1.29 is 9.53 Å². The Morgan fingerprint density at radius 2 is 2.00 bits per heavy atom. The van der Waals surface area contributed by atoms with Crippen LogP contribution in [0.25, 0.3) is 10.2 Å². The maximum atomic E-state index is 12.1. The summed E-state index contributed by atoms with van der Waals surface area (Å²) in [6, 6.07) is 3.72. The van der Waals surface area contributed by atoms with Crippen LogP contribution in [0.1, 0.15) is 28.0 Å². The predicted octanol–water partition coefficient (Wildman–Crippen LogP) is 3.62. The summed E-state index contributed by atoms with van der Waals surface area (Å²) in [7, 11) is 0. The maximum Gasteiger partial charge on any atom is 0.348 e. The summed E-state index contributed by atoms with van der Waals surface area (Å²) in [5.41, 5.74) is 1.71. The number of carbonyl (C=O) groups is 1. The van der Waals surface area contributed by atoms with Gasteiger partial charge in [0, 0.05) is 18.1 Å². The van der Waals surface area contributed by atoms with Gasteiger partial charge in [0.05, 0.1) is 12.0 Å². The van der Waals surface area contributed by atoms with E-state index in [9.17, 15) is 4.79 Å². The minimum atomic E-state index is -0.319. The molecule has 0 fully saturated rings. The predicted molar refractivity (Wildman–Crippen MR) is 90.4 cm³/mol. The van der Waals surface area contributed by atoms with Crippen molar-refractivity contribution in [2.45, 2.75) is 20.8 Å². The number of anilines is 2. The Morgan fingerprint density at radius 1 is 1.26 bits per heavy atom. The molecule has 118 valence electrons. The summed E-state index contributed by atoms with van der Waals surface area (Å²) >= 11 is 1.33. The molecule has 3 aromatic heterocycles. The number of hydrogen-bond donors (Lipinski definition) is 1. The Labute approximate surface area is 137 Å². The number of nitrogens with one attached hydrogen (secondary N) is 1. The second-order valence-corrected chi connectivity index (χ2v) is 5.94. The number of carbonyl (C=O) groups excluding carboxylic acids is 1. The monoisotopic (exact) mass is 328 g/mol. The van der Waals surface area contributed by atoms with E-state index >= 15 is 0 Å². The molecule has 3 rings (SSSR count). The summed E-state index contributed by atoms with van der Waals surface area (Å²) in [6.45, 7) is 5.86. The lowest BCUT2D eigenvalue weighted by atomic mass is 10.2. The molecular formula is C16H16N4O2S. The quantitative estimate of drug-likeness (QED) is 0.737. The van der Waals surface area contributed by atoms with E-state index in [2.05, 4.69) is 20.3 Å². The van der Waals surface area contributed by atoms with E-state index in [4.69, 9.17) is 4.74 Å². The Bertz CT molecular complexity index is 861. The minimum absolute atomic E-state index is 0.319. The van der Waals surface area contributed by atoms with Crippen molar-refractivity contribution in [3.63, 3.8) is 0 Å². The molecule has 0 radical (unpaired) electrons. The average Bonchev–Trinajstić information content (AvgIpc) is 2.85. The first-order chi connectivity index (χ1) is 11.1. The van der Waals surface area contributed by atoms with E-state index in [0.717, 1.165) is 21.5 Å². The van der Waals surface area contributed by atoms with E-state index in [1.54, 1.807) is 19.3 Å². The van der Waals surface area contributed by atoms with Gasteiger partial charge in [-0.05, 0) is 38.5 Å². The molecule has 0 bridgehead atoms. The molecule has 0 unspecified atom stereocenters. The number of pyridine rings is 1. The summed E-state index contributed by atoms with van der Waals surface area (Å²) in [5.74, 6) is 1.01. The van der Waals surface area contributed by atoms with Gasteiger partial charge in [-0.2, -0.15) is 0 Å². The molecule has 0 aromatic carbocycles. The molecule has 0 aliphatic rings. The summed E-state index contributed by atoms with van der Waals surface area (Å²) in [5, 5.41) is 4.12. The highest BCUT2D eigenvalue weighted by molar-refractivity contribution is 7.20. The van der Waals surface area contributed by atoms with Gasteiger partial charge >= 0.3 is 5.97 Å². The number of ether oxygens (including phenoxy) is 1. The van der Waals surface area contributed by atoms with Crippen LogP contribution < -0.4 is 5.32 Å². The zero-order valence-corrected chi connectivity index (χ0v) is 13.9. The molecule has 0 aliphatic carbocycles. The average molecular weight is 328 g/mol. The lowest BCUT2D eigenvalue weighted by Crippen LogP contribution is -2.03. The molecule has 0 aliphatic heterocycles. The highest BCUT2D eigenvalue weighted by Gasteiger charge is 2.20. The lowest BCUT2D eigenvalue weighted by Gasteiger charge is -2.08. The smallest absolute Gasteiger partial charge is 0.348 e. The van der Waals surface area contributed by atoms with Crippen LogP contribution in [0.15, 0.2) is 24.5 Å². The second kappa shape index (κ2) is 6.29. The van der Waals surface area contributed by atoms with Gasteiger partial charge in [0.15, 0.2) is 0 Å². The number of nitrogens with zero attached hydrogens (tertiary/aromatic N) is 3. The van der Waals surface area contributed by atoms with Crippen LogP contribution >= 0.6 is 11.3 Å². The number of hydrogen-bond acceptors (Lipinski definition) is 7. The number of esters is 1. The van der Waals surface area contributed by atoms with Crippen LogP contribution in [0.2, 0.25) is 0 Å². The first-order valence-corrected chi connectivity index (χ1v) is 8.03. The van der Waals surface area contributed by atoms with Gasteiger partial charge < -0.3 is 10.1 Å². The van der Waals surface area contributed by atoms with Crippen LogP contribution in [0.3, 0.4) is 0 Å². The molecule has 0 saturated heterocycles. The Morgan fingerprint density at radius 3 is 2.70 bits per heavy atom. The molecular weight excluding hydrogens is 312 g/mol. The van der Waals surface area contributed by atoms with Gasteiger partial charge in [0.2, 0.25) is 0 Å². The number of rotatable bonds is 4. The first kappa shape index (κ1) is 15.4. The lowest BCUT2D eigenvalue weighted by molar-refractivity contribution is 0.0531. The third kappa shape index (κ3) is 3.00. The van der Waals surface area contributed by atoms with Crippen LogP contribution in [-0.4, -0.2) is 27.5 Å². The van der Waals surface area contributed by atoms with E-state index < -0.39 is 0 Å². The molecule has 0 atom stereocenters. The molecule has 3 heterocycles. The Hall–Kier alpha value is -2.54. The van der Waals surface area contributed by atoms with Crippen molar-refractivity contribution in [3.8, 4) is 0 Å². The van der Waals surface area contributed by atoms with Crippen molar-refractivity contribution >= 4 is 39.0 Å². The standard InChI is InChI=1S/C16H16N4O2S/c1-4-22-16(21)13-9(2)12-14(18-10(3)19-15(12)23-13)20-11-5-7-17-8-6-11/h5-8H,4H2,1-3H3,(H,17,18,19,20). The molecule has 0 spiro atoms. The molecule has 3 aromatic rings. The Balaban J connectivity index is 2.12. The zero-order chi connectivity index (χ0) is 16.4. The van der Waals surface area contributed by atoms with Crippen molar-refractivity contribution in [1.29, 1.82) is 0 Å². The largest absolute Gasteiger partial charge is 0.462 e. The SMILES string of the molecule is CCOC(=O)c1sc2nc(C)nc(Nc3ccncc3)c2c1C. The van der Waals surface area contributed by atoms with Gasteiger partial charge in [-0.15, -0.1) is 11.3 Å². The van der Waals surface area contributed by atoms with Gasteiger partial charge in [0.1, 0.15) is 21.3 Å². The third-order valence-electron chi connectivity index (χ3n) is 3.31. The molecule has 6 nitrogen and oxygen atoms in total. The molecule has 0 saturated carbocycles. The number of fused-ring (bicyclic) bond motifs is 1. The van der Waals surface area contributed by atoms with Crippen molar-refractivity contribution in [2.75, 3.05) is 11.9 Å². The van der Waals surface area contributed by atoms with Gasteiger partial charge in [0.25, 0.3) is 0 Å². The third-order valence-corrected chi connectivity index (χ3v) is 4.47. The molecule has 7 heteroatoms. The van der Waals surface area contributed by atoms with Crippen molar-refractivity contribution in [3.05, 3.63) is 40.8 Å². The zero-order valence-electron chi connectivity index (χ0n) is 13.1. The number of aryl methyl sites for hydroxylation is 2. The minimum Gasteiger partial charge on any atom is -0.462 e. The number of aromatic nitrogens is 3. The summed E-state index contributed by atoms with van der Waals surface area (Å²) < 4.78 is 5.12. The van der Waals surface area contributed by atoms with Crippen LogP contribution in [0.4, 0.5) is 11.5 Å². The fraction of sp³-hybridized carbons (Fsp3) is 0.250. The highest BCUT2D eigenvalue weighted by Crippen LogP contribution is 2.35. The molecule has 0 amide bonds. The number of thiophene rings is 1. The summed E-state index contributed by atoms with van der Waals surface area (Å²) in [4.78, 5) is 26.4. The van der Waals surface area contributed by atoms with E-state index in [0.29, 0.717) is 23.1 Å². The van der Waals surface area contributed by atoms with Crippen LogP contribution in [-0.2, 0) is 4.74 Å². The van der Waals surface area contributed by atoms with E-state index in [-0.39, 0.29) is 5.97 Å².